The Bertz CT molecular complexity index is 828. The molecule has 4 aliphatic rings. The first-order valence-electron chi connectivity index (χ1n) is 11.8. The van der Waals surface area contributed by atoms with Crippen LogP contribution in [-0.2, 0) is 23.9 Å². The maximum atomic E-state index is 13.0. The molecule has 6 heteroatoms. The number of carbonyl (C=O) groups excluding carboxylic acids is 3. The smallest absolute Gasteiger partial charge is 0.306 e. The SMILES string of the molecule is C[C@]12CC[C@H]3[C@H](CCC4=CC(=O)CC[C@]43C)[C@@H]1CC[C@@H]2C(=O)COC(=O)CCC(=O)O. The zero-order valence-corrected chi connectivity index (χ0v) is 18.7. The molecule has 3 fully saturated rings. The zero-order valence-electron chi connectivity index (χ0n) is 18.7. The van der Waals surface area contributed by atoms with E-state index in [1.54, 1.807) is 0 Å². The number of hydrogen-bond donors (Lipinski definition) is 1. The third kappa shape index (κ3) is 3.87. The number of ether oxygens (including phenoxy) is 1. The first-order valence-corrected chi connectivity index (χ1v) is 11.8. The number of carboxylic acids is 1. The van der Waals surface area contributed by atoms with Gasteiger partial charge in [-0.15, -0.1) is 0 Å². The molecule has 0 unspecified atom stereocenters. The van der Waals surface area contributed by atoms with Crippen LogP contribution in [0.25, 0.3) is 0 Å². The van der Waals surface area contributed by atoms with Gasteiger partial charge in [0.2, 0.25) is 0 Å². The number of carbonyl (C=O) groups is 4. The molecule has 4 rings (SSSR count). The van der Waals surface area contributed by atoms with E-state index in [4.69, 9.17) is 9.84 Å². The van der Waals surface area contributed by atoms with Crippen LogP contribution in [0.15, 0.2) is 11.6 Å². The Morgan fingerprint density at radius 2 is 1.81 bits per heavy atom. The summed E-state index contributed by atoms with van der Waals surface area (Å²) in [5.74, 6) is 0.168. The maximum Gasteiger partial charge on any atom is 0.306 e. The summed E-state index contributed by atoms with van der Waals surface area (Å²) in [5.41, 5.74) is 1.42. The fraction of sp³-hybridized carbons (Fsp3) is 0.760. The predicted molar refractivity (Wildman–Crippen MR) is 113 cm³/mol. The molecule has 0 radical (unpaired) electrons. The van der Waals surface area contributed by atoms with Crippen molar-refractivity contribution in [3.05, 3.63) is 11.6 Å². The first kappa shape index (κ1) is 22.2. The monoisotopic (exact) mass is 430 g/mol. The molecule has 6 atom stereocenters. The van der Waals surface area contributed by atoms with E-state index in [0.717, 1.165) is 44.9 Å². The summed E-state index contributed by atoms with van der Waals surface area (Å²) in [4.78, 5) is 47.3. The number of rotatable bonds is 6. The first-order chi connectivity index (χ1) is 14.6. The van der Waals surface area contributed by atoms with Crippen molar-refractivity contribution >= 4 is 23.5 Å². The lowest BCUT2D eigenvalue weighted by atomic mass is 9.46. The number of esters is 1. The fourth-order valence-corrected chi connectivity index (χ4v) is 7.62. The van der Waals surface area contributed by atoms with Crippen LogP contribution in [0, 0.1) is 34.5 Å². The van der Waals surface area contributed by atoms with Crippen LogP contribution in [0.1, 0.15) is 78.1 Å². The normalized spacial score (nSPS) is 39.0. The van der Waals surface area contributed by atoms with Gasteiger partial charge in [0.05, 0.1) is 12.8 Å². The molecule has 0 amide bonds. The highest BCUT2D eigenvalue weighted by Crippen LogP contribution is 2.66. The minimum Gasteiger partial charge on any atom is -0.481 e. The molecular formula is C25H34O6. The molecule has 1 N–H and O–H groups in total. The molecule has 0 aromatic heterocycles. The summed E-state index contributed by atoms with van der Waals surface area (Å²) in [6.07, 6.45) is 9.11. The van der Waals surface area contributed by atoms with Gasteiger partial charge in [0.25, 0.3) is 0 Å². The van der Waals surface area contributed by atoms with Gasteiger partial charge >= 0.3 is 11.9 Å². The molecule has 0 heterocycles. The van der Waals surface area contributed by atoms with Crippen molar-refractivity contribution in [3.63, 3.8) is 0 Å². The molecule has 0 bridgehead atoms. The number of ketones is 2. The van der Waals surface area contributed by atoms with E-state index < -0.39 is 11.9 Å². The van der Waals surface area contributed by atoms with Gasteiger partial charge in [-0.3, -0.25) is 19.2 Å². The third-order valence-corrected chi connectivity index (χ3v) is 9.27. The molecule has 0 spiro atoms. The summed E-state index contributed by atoms with van der Waals surface area (Å²) in [6, 6.07) is 0. The maximum absolute atomic E-state index is 13.0. The summed E-state index contributed by atoms with van der Waals surface area (Å²) >= 11 is 0. The second-order valence-corrected chi connectivity index (χ2v) is 10.7. The second-order valence-electron chi connectivity index (χ2n) is 10.7. The van der Waals surface area contributed by atoms with Crippen LogP contribution in [-0.4, -0.2) is 35.2 Å². The molecule has 170 valence electrons. The number of allylic oxidation sites excluding steroid dienone is 1. The van der Waals surface area contributed by atoms with Crippen LogP contribution in [0.5, 0.6) is 0 Å². The molecule has 4 aliphatic carbocycles. The summed E-state index contributed by atoms with van der Waals surface area (Å²) < 4.78 is 5.10. The van der Waals surface area contributed by atoms with Gasteiger partial charge in [-0.05, 0) is 79.6 Å². The summed E-state index contributed by atoms with van der Waals surface area (Å²) in [7, 11) is 0. The second kappa shape index (κ2) is 8.18. The quantitative estimate of drug-likeness (QED) is 0.637. The number of fused-ring (bicyclic) bond motifs is 5. The van der Waals surface area contributed by atoms with Gasteiger partial charge in [-0.1, -0.05) is 19.4 Å². The lowest BCUT2D eigenvalue weighted by molar-refractivity contribution is -0.152. The molecule has 0 aromatic carbocycles. The number of Topliss-reactive ketones (excluding diaryl/α,β-unsaturated/α-hetero) is 1. The van der Waals surface area contributed by atoms with Crippen molar-refractivity contribution in [2.24, 2.45) is 34.5 Å². The van der Waals surface area contributed by atoms with Gasteiger partial charge in [0.15, 0.2) is 11.6 Å². The van der Waals surface area contributed by atoms with Crippen LogP contribution in [0.3, 0.4) is 0 Å². The lowest BCUT2D eigenvalue weighted by Crippen LogP contribution is -2.51. The minimum absolute atomic E-state index is 0.0157. The van der Waals surface area contributed by atoms with Crippen LogP contribution >= 0.6 is 0 Å². The highest BCUT2D eigenvalue weighted by atomic mass is 16.5. The standard InChI is InChI=1S/C25H34O6/c1-24-11-9-16(26)13-15(24)3-4-17-18-5-6-20(25(18,2)12-10-19(17)24)21(27)14-31-23(30)8-7-22(28)29/h13,17-20H,3-12,14H2,1-2H3,(H,28,29)/t17-,18+,19+,20-,24-,25+/m1/s1. The molecule has 31 heavy (non-hydrogen) atoms. The number of hydrogen-bond acceptors (Lipinski definition) is 5. The van der Waals surface area contributed by atoms with E-state index in [-0.39, 0.29) is 47.8 Å². The van der Waals surface area contributed by atoms with Crippen molar-refractivity contribution in [1.82, 2.24) is 0 Å². The van der Waals surface area contributed by atoms with Crippen LogP contribution < -0.4 is 0 Å². The van der Waals surface area contributed by atoms with E-state index in [2.05, 4.69) is 13.8 Å². The Morgan fingerprint density at radius 1 is 1.03 bits per heavy atom. The predicted octanol–water partition coefficient (Wildman–Crippen LogP) is 4.11. The minimum atomic E-state index is -1.05. The molecule has 0 saturated heterocycles. The van der Waals surface area contributed by atoms with Crippen LogP contribution in [0.4, 0.5) is 0 Å². The Morgan fingerprint density at radius 3 is 2.55 bits per heavy atom. The van der Waals surface area contributed by atoms with Gasteiger partial charge in [0.1, 0.15) is 6.61 Å². The van der Waals surface area contributed by atoms with Gasteiger partial charge in [0, 0.05) is 12.3 Å². The fourth-order valence-electron chi connectivity index (χ4n) is 7.62. The molecule has 0 aliphatic heterocycles. The Labute approximate surface area is 183 Å². The summed E-state index contributed by atoms with van der Waals surface area (Å²) in [6.45, 7) is 4.37. The summed E-state index contributed by atoms with van der Waals surface area (Å²) in [5, 5.41) is 8.68. The zero-order chi connectivity index (χ0) is 22.4. The Kier molecular flexibility index (Phi) is 5.86. The lowest BCUT2D eigenvalue weighted by Gasteiger charge is -2.58. The van der Waals surface area contributed by atoms with Crippen molar-refractivity contribution in [3.8, 4) is 0 Å². The van der Waals surface area contributed by atoms with Crippen LogP contribution in [0.2, 0.25) is 0 Å². The molecular weight excluding hydrogens is 396 g/mol. The average Bonchev–Trinajstić information content (AvgIpc) is 3.08. The molecule has 6 nitrogen and oxygen atoms in total. The van der Waals surface area contributed by atoms with Crippen molar-refractivity contribution in [2.45, 2.75) is 78.1 Å². The van der Waals surface area contributed by atoms with Crippen molar-refractivity contribution in [2.75, 3.05) is 6.61 Å². The van der Waals surface area contributed by atoms with E-state index in [0.29, 0.717) is 24.2 Å². The van der Waals surface area contributed by atoms with E-state index in [1.807, 2.05) is 6.08 Å². The Hall–Kier alpha value is -1.98. The number of carboxylic acid groups (broad SMARTS) is 1. The van der Waals surface area contributed by atoms with Crippen molar-refractivity contribution in [1.29, 1.82) is 0 Å². The highest BCUT2D eigenvalue weighted by Gasteiger charge is 2.60. The third-order valence-electron chi connectivity index (χ3n) is 9.27. The highest BCUT2D eigenvalue weighted by molar-refractivity contribution is 5.91. The van der Waals surface area contributed by atoms with Gasteiger partial charge in [-0.25, -0.2) is 0 Å². The topological polar surface area (TPSA) is 97.7 Å². The van der Waals surface area contributed by atoms with E-state index in [9.17, 15) is 19.2 Å². The van der Waals surface area contributed by atoms with Gasteiger partial charge < -0.3 is 9.84 Å². The van der Waals surface area contributed by atoms with E-state index in [1.165, 1.54) is 5.57 Å². The van der Waals surface area contributed by atoms with Gasteiger partial charge in [-0.2, -0.15) is 0 Å². The van der Waals surface area contributed by atoms with Crippen molar-refractivity contribution < 1.29 is 29.0 Å². The van der Waals surface area contributed by atoms with E-state index >= 15 is 0 Å². The average molecular weight is 431 g/mol. The molecule has 0 aromatic rings. The Balaban J connectivity index is 1.43. The molecule has 3 saturated carbocycles. The number of aliphatic carboxylic acids is 1. The largest absolute Gasteiger partial charge is 0.481 e.